The molecule has 0 radical (unpaired) electrons. The van der Waals surface area contributed by atoms with E-state index in [0.717, 1.165) is 0 Å². The molecule has 0 unspecified atom stereocenters. The van der Waals surface area contributed by atoms with Gasteiger partial charge in [0, 0.05) is 36.0 Å². The van der Waals surface area contributed by atoms with E-state index >= 15 is 0 Å². The Hall–Kier alpha value is -4.62. The molecule has 222 valence electrons. The number of ether oxygens (including phenoxy) is 2. The third-order valence-corrected chi connectivity index (χ3v) is 5.67. The highest BCUT2D eigenvalue weighted by Gasteiger charge is 2.24. The average Bonchev–Trinajstić information content (AvgIpc) is 3.46. The van der Waals surface area contributed by atoms with E-state index in [1.807, 2.05) is 0 Å². The van der Waals surface area contributed by atoms with Gasteiger partial charge in [-0.2, -0.15) is 4.68 Å². The summed E-state index contributed by atoms with van der Waals surface area (Å²) in [7, 11) is 1.49. The van der Waals surface area contributed by atoms with Gasteiger partial charge in [0.1, 0.15) is 18.0 Å². The van der Waals surface area contributed by atoms with Crippen molar-refractivity contribution < 1.29 is 28.7 Å². The van der Waals surface area contributed by atoms with E-state index in [9.17, 15) is 19.2 Å². The number of hydrogen-bond acceptors (Lipinski definition) is 9. The molecule has 3 amide bonds. The number of aromatic nitrogens is 4. The smallest absolute Gasteiger partial charge is 0.338 e. The molecule has 0 saturated heterocycles. The van der Waals surface area contributed by atoms with Crippen LogP contribution in [0.25, 0.3) is 11.8 Å². The van der Waals surface area contributed by atoms with Crippen LogP contribution in [0.5, 0.6) is 0 Å². The zero-order valence-electron chi connectivity index (χ0n) is 23.6. The molecule has 1 atom stereocenters. The van der Waals surface area contributed by atoms with Crippen LogP contribution in [0.15, 0.2) is 54.9 Å². The minimum absolute atomic E-state index is 0.234. The average molecular weight is 598 g/mol. The third kappa shape index (κ3) is 10.1. The number of methoxy groups -OCH3 is 1. The lowest BCUT2D eigenvalue weighted by atomic mass is 10.1. The van der Waals surface area contributed by atoms with Crippen LogP contribution in [0.3, 0.4) is 0 Å². The Kier molecular flexibility index (Phi) is 11.3. The molecule has 0 aliphatic rings. The van der Waals surface area contributed by atoms with Gasteiger partial charge in [-0.3, -0.25) is 14.4 Å². The van der Waals surface area contributed by atoms with Crippen LogP contribution in [0.4, 0.5) is 5.69 Å². The molecule has 0 fully saturated rings. The molecule has 3 rings (SSSR count). The van der Waals surface area contributed by atoms with E-state index in [4.69, 9.17) is 21.1 Å². The summed E-state index contributed by atoms with van der Waals surface area (Å²) in [4.78, 5) is 50.8. The van der Waals surface area contributed by atoms with Gasteiger partial charge >= 0.3 is 5.97 Å². The van der Waals surface area contributed by atoms with Crippen LogP contribution in [-0.2, 0) is 23.9 Å². The second kappa shape index (κ2) is 14.8. The fraction of sp³-hybridized carbons (Fsp3) is 0.321. The molecule has 1 aromatic heterocycles. The standard InChI is InChI=1S/C28H32ClN7O6/c1-28(2,3)42-27(40)18-5-9-21(10-6-18)32-26(39)22(16-25(38)30-13-14-41-4)33-24(37)12-7-19-15-20(29)8-11-23(19)36-17-31-34-35-36/h5-12,15,17,22H,13-14,16H2,1-4H3,(H,30,38)(H,32,39)(H,33,37)/b12-7+/t22-/m0/s1. The van der Waals surface area contributed by atoms with Crippen LogP contribution in [-0.4, -0.2) is 75.8 Å². The Morgan fingerprint density at radius 3 is 2.48 bits per heavy atom. The predicted molar refractivity (Wildman–Crippen MR) is 155 cm³/mol. The van der Waals surface area contributed by atoms with Crippen molar-refractivity contribution in [3.05, 3.63) is 71.0 Å². The SMILES string of the molecule is COCCNC(=O)C[C@H](NC(=O)/C=C/c1cc(Cl)ccc1-n1cnnn1)C(=O)Nc1ccc(C(=O)OC(C)(C)C)cc1. The van der Waals surface area contributed by atoms with E-state index in [0.29, 0.717) is 27.5 Å². The summed E-state index contributed by atoms with van der Waals surface area (Å²) in [5.41, 5.74) is 1.10. The van der Waals surface area contributed by atoms with Gasteiger partial charge in [-0.05, 0) is 79.7 Å². The van der Waals surface area contributed by atoms with Gasteiger partial charge in [0.2, 0.25) is 17.7 Å². The van der Waals surface area contributed by atoms with Gasteiger partial charge in [0.25, 0.3) is 0 Å². The largest absolute Gasteiger partial charge is 0.456 e. The number of carbonyl (C=O) groups is 4. The first-order valence-corrected chi connectivity index (χ1v) is 13.2. The number of halogens is 1. The first kappa shape index (κ1) is 31.9. The summed E-state index contributed by atoms with van der Waals surface area (Å²) >= 11 is 6.13. The first-order chi connectivity index (χ1) is 19.9. The van der Waals surface area contributed by atoms with Gasteiger partial charge in [-0.15, -0.1) is 5.10 Å². The lowest BCUT2D eigenvalue weighted by molar-refractivity contribution is -0.128. The minimum atomic E-state index is -1.23. The van der Waals surface area contributed by atoms with Crippen LogP contribution in [0.2, 0.25) is 5.02 Å². The van der Waals surface area contributed by atoms with Crippen LogP contribution in [0.1, 0.15) is 43.1 Å². The highest BCUT2D eigenvalue weighted by atomic mass is 35.5. The van der Waals surface area contributed by atoms with E-state index in [1.54, 1.807) is 39.0 Å². The summed E-state index contributed by atoms with van der Waals surface area (Å²) in [5.74, 6) is -2.25. The van der Waals surface area contributed by atoms with Crippen molar-refractivity contribution >= 4 is 47.1 Å². The van der Waals surface area contributed by atoms with Crippen molar-refractivity contribution in [1.29, 1.82) is 0 Å². The Balaban J connectivity index is 1.73. The zero-order valence-corrected chi connectivity index (χ0v) is 24.3. The number of tetrazole rings is 1. The number of anilines is 1. The normalized spacial score (nSPS) is 12.0. The van der Waals surface area contributed by atoms with Crippen LogP contribution < -0.4 is 16.0 Å². The molecule has 42 heavy (non-hydrogen) atoms. The van der Waals surface area contributed by atoms with E-state index in [-0.39, 0.29) is 19.6 Å². The first-order valence-electron chi connectivity index (χ1n) is 12.9. The molecule has 13 nitrogen and oxygen atoms in total. The Labute approximate surface area is 247 Å². The van der Waals surface area contributed by atoms with Gasteiger partial charge < -0.3 is 25.4 Å². The van der Waals surface area contributed by atoms with E-state index < -0.39 is 35.3 Å². The number of carbonyl (C=O) groups excluding carboxylic acids is 4. The van der Waals surface area contributed by atoms with E-state index in [1.165, 1.54) is 54.5 Å². The number of amides is 3. The van der Waals surface area contributed by atoms with Crippen molar-refractivity contribution in [1.82, 2.24) is 30.8 Å². The van der Waals surface area contributed by atoms with Crippen molar-refractivity contribution in [3.63, 3.8) is 0 Å². The summed E-state index contributed by atoms with van der Waals surface area (Å²) in [6.07, 6.45) is 3.75. The number of hydrogen-bond donors (Lipinski definition) is 3. The summed E-state index contributed by atoms with van der Waals surface area (Å²) in [6, 6.07) is 9.78. The molecule has 0 saturated carbocycles. The number of nitrogens with zero attached hydrogens (tertiary/aromatic N) is 4. The number of rotatable bonds is 12. The van der Waals surface area contributed by atoms with Crippen molar-refractivity contribution in [2.24, 2.45) is 0 Å². The minimum Gasteiger partial charge on any atom is -0.456 e. The quantitative estimate of drug-likeness (QED) is 0.161. The second-order valence-corrected chi connectivity index (χ2v) is 10.4. The van der Waals surface area contributed by atoms with Crippen molar-refractivity contribution in [2.75, 3.05) is 25.6 Å². The monoisotopic (exact) mass is 597 g/mol. The van der Waals surface area contributed by atoms with Crippen LogP contribution in [0, 0.1) is 0 Å². The Morgan fingerprint density at radius 2 is 1.83 bits per heavy atom. The summed E-state index contributed by atoms with van der Waals surface area (Å²) in [6.45, 7) is 5.80. The topological polar surface area (TPSA) is 166 Å². The van der Waals surface area contributed by atoms with Gasteiger partial charge in [0.15, 0.2) is 0 Å². The maximum absolute atomic E-state index is 13.2. The molecular formula is C28H32ClN7O6. The zero-order chi connectivity index (χ0) is 30.7. The maximum Gasteiger partial charge on any atom is 0.338 e. The number of benzene rings is 2. The number of esters is 1. The molecule has 0 aliphatic carbocycles. The van der Waals surface area contributed by atoms with Gasteiger partial charge in [0.05, 0.1) is 24.3 Å². The second-order valence-electron chi connectivity index (χ2n) is 9.97. The number of nitrogens with one attached hydrogen (secondary N) is 3. The highest BCUT2D eigenvalue weighted by Crippen LogP contribution is 2.20. The molecule has 0 bridgehead atoms. The fourth-order valence-electron chi connectivity index (χ4n) is 3.54. The fourth-order valence-corrected chi connectivity index (χ4v) is 3.72. The Bertz CT molecular complexity index is 1420. The van der Waals surface area contributed by atoms with E-state index in [2.05, 4.69) is 31.5 Å². The molecular weight excluding hydrogens is 566 g/mol. The maximum atomic E-state index is 13.2. The third-order valence-electron chi connectivity index (χ3n) is 5.44. The summed E-state index contributed by atoms with van der Waals surface area (Å²) < 4.78 is 11.7. The Morgan fingerprint density at radius 1 is 1.10 bits per heavy atom. The summed E-state index contributed by atoms with van der Waals surface area (Å²) in [5, 5.41) is 19.4. The van der Waals surface area contributed by atoms with Gasteiger partial charge in [-0.1, -0.05) is 11.6 Å². The lowest BCUT2D eigenvalue weighted by Gasteiger charge is -2.20. The van der Waals surface area contributed by atoms with Crippen molar-refractivity contribution in [3.8, 4) is 5.69 Å². The van der Waals surface area contributed by atoms with Crippen molar-refractivity contribution in [2.45, 2.75) is 38.8 Å². The molecule has 2 aromatic carbocycles. The molecule has 3 aromatic rings. The molecule has 14 heteroatoms. The molecule has 0 spiro atoms. The van der Waals surface area contributed by atoms with Gasteiger partial charge in [-0.25, -0.2) is 4.79 Å². The molecule has 1 heterocycles. The molecule has 0 aliphatic heterocycles. The lowest BCUT2D eigenvalue weighted by Crippen LogP contribution is -2.46. The highest BCUT2D eigenvalue weighted by molar-refractivity contribution is 6.30. The predicted octanol–water partition coefficient (Wildman–Crippen LogP) is 2.56. The molecule has 3 N–H and O–H groups in total. The van der Waals surface area contributed by atoms with Crippen LogP contribution >= 0.6 is 11.6 Å².